The second kappa shape index (κ2) is 12.4. The predicted octanol–water partition coefficient (Wildman–Crippen LogP) is 3.48. The van der Waals surface area contributed by atoms with E-state index in [0.717, 1.165) is 34.1 Å². The molecule has 2 N–H and O–H groups in total. The first-order valence-corrected chi connectivity index (χ1v) is 16.2. The zero-order valence-electron chi connectivity index (χ0n) is 23.7. The van der Waals surface area contributed by atoms with Crippen molar-refractivity contribution in [1.29, 1.82) is 0 Å². The van der Waals surface area contributed by atoms with Gasteiger partial charge in [0.2, 0.25) is 10.0 Å². The van der Waals surface area contributed by atoms with Crippen LogP contribution in [0.4, 0.5) is 10.1 Å². The van der Waals surface area contributed by atoms with Crippen LogP contribution in [0.25, 0.3) is 0 Å². The number of aliphatic hydroxyl groups is 1. The minimum absolute atomic E-state index is 0.0375. The van der Waals surface area contributed by atoms with Crippen molar-refractivity contribution in [3.8, 4) is 5.75 Å². The van der Waals surface area contributed by atoms with Crippen molar-refractivity contribution in [2.75, 3.05) is 31.5 Å². The first-order chi connectivity index (χ1) is 19.7. The fraction of sp³-hybridized carbons (Fsp3) is 0.345. The zero-order valence-corrected chi connectivity index (χ0v) is 25.3. The summed E-state index contributed by atoms with van der Waals surface area (Å²) in [6.07, 6.45) is -0.827. The number of carbonyl (C=O) groups is 1. The zero-order chi connectivity index (χ0) is 30.8. The standard InChI is InChI=1S/C29H34FN3O7S2/c1-19-8-12-24(13-9-19)42(38,39)32(4)17-27-20(2)16-33(21(3)18-34)29(35)25-6-5-7-26(28(25)40-27)31-41(36,37)23-14-10-22(30)11-15-23/h5-15,20-21,27,31,34H,16-18H2,1-4H3/t20-,21-,27+/m1/s1. The summed E-state index contributed by atoms with van der Waals surface area (Å²) in [7, 11) is -6.71. The number of nitrogens with zero attached hydrogens (tertiary/aromatic N) is 2. The van der Waals surface area contributed by atoms with Crippen LogP contribution in [0.1, 0.15) is 29.8 Å². The minimum atomic E-state index is -4.22. The highest BCUT2D eigenvalue weighted by molar-refractivity contribution is 7.92. The van der Waals surface area contributed by atoms with Crippen LogP contribution in [0, 0.1) is 18.7 Å². The number of nitrogens with one attached hydrogen (secondary N) is 1. The molecule has 0 aliphatic carbocycles. The van der Waals surface area contributed by atoms with Gasteiger partial charge in [-0.25, -0.2) is 21.2 Å². The number of aryl methyl sites for hydroxylation is 1. The second-order valence-electron chi connectivity index (χ2n) is 10.5. The Labute approximate surface area is 245 Å². The molecule has 4 rings (SSSR count). The van der Waals surface area contributed by atoms with Gasteiger partial charge in [0.1, 0.15) is 11.9 Å². The van der Waals surface area contributed by atoms with E-state index >= 15 is 0 Å². The smallest absolute Gasteiger partial charge is 0.262 e. The maximum Gasteiger partial charge on any atom is 0.262 e. The van der Waals surface area contributed by atoms with Crippen molar-refractivity contribution >= 4 is 31.6 Å². The molecule has 0 radical (unpaired) electrons. The van der Waals surface area contributed by atoms with Crippen molar-refractivity contribution in [3.63, 3.8) is 0 Å². The number of amides is 1. The van der Waals surface area contributed by atoms with Crippen LogP contribution in [0.3, 0.4) is 0 Å². The van der Waals surface area contributed by atoms with Gasteiger partial charge < -0.3 is 14.7 Å². The van der Waals surface area contributed by atoms with E-state index in [0.29, 0.717) is 0 Å². The average molecular weight is 620 g/mol. The SMILES string of the molecule is Cc1ccc(S(=O)(=O)N(C)C[C@@H]2Oc3c(NS(=O)(=O)c4ccc(F)cc4)cccc3C(=O)N([C@H](C)CO)C[C@H]2C)cc1. The molecule has 10 nitrogen and oxygen atoms in total. The van der Waals surface area contributed by atoms with Gasteiger partial charge in [0, 0.05) is 19.5 Å². The molecule has 42 heavy (non-hydrogen) atoms. The van der Waals surface area contributed by atoms with Crippen LogP contribution in [0.15, 0.2) is 76.5 Å². The second-order valence-corrected chi connectivity index (χ2v) is 14.2. The van der Waals surface area contributed by atoms with Crippen LogP contribution in [-0.2, 0) is 20.0 Å². The fourth-order valence-corrected chi connectivity index (χ4v) is 6.85. The first-order valence-electron chi connectivity index (χ1n) is 13.3. The molecule has 1 heterocycles. The van der Waals surface area contributed by atoms with E-state index < -0.39 is 49.8 Å². The maximum atomic E-state index is 13.7. The number of para-hydroxylation sites is 1. The number of benzene rings is 3. The van der Waals surface area contributed by atoms with Crippen LogP contribution in [0.2, 0.25) is 0 Å². The van der Waals surface area contributed by atoms with Crippen LogP contribution in [0.5, 0.6) is 5.75 Å². The summed E-state index contributed by atoms with van der Waals surface area (Å²) < 4.78 is 76.5. The number of fused-ring (bicyclic) bond motifs is 1. The number of ether oxygens (including phenoxy) is 1. The Balaban J connectivity index is 1.76. The van der Waals surface area contributed by atoms with Gasteiger partial charge in [0.05, 0.1) is 40.2 Å². The normalized spacial score (nSPS) is 18.5. The van der Waals surface area contributed by atoms with E-state index in [1.165, 1.54) is 42.3 Å². The molecule has 3 atom stereocenters. The highest BCUT2D eigenvalue weighted by Gasteiger charge is 2.36. The van der Waals surface area contributed by atoms with Crippen LogP contribution >= 0.6 is 0 Å². The highest BCUT2D eigenvalue weighted by atomic mass is 32.2. The third kappa shape index (κ3) is 6.59. The molecular weight excluding hydrogens is 585 g/mol. The quantitative estimate of drug-likeness (QED) is 0.375. The predicted molar refractivity (Wildman–Crippen MR) is 156 cm³/mol. The Morgan fingerprint density at radius 2 is 1.67 bits per heavy atom. The summed E-state index contributed by atoms with van der Waals surface area (Å²) in [5, 5.41) is 9.89. The maximum absolute atomic E-state index is 13.7. The lowest BCUT2D eigenvalue weighted by Crippen LogP contribution is -2.50. The van der Waals surface area contributed by atoms with Gasteiger partial charge >= 0.3 is 0 Å². The van der Waals surface area contributed by atoms with E-state index in [4.69, 9.17) is 4.74 Å². The summed E-state index contributed by atoms with van der Waals surface area (Å²) in [5.74, 6) is -1.61. The Morgan fingerprint density at radius 1 is 1.05 bits per heavy atom. The van der Waals surface area contributed by atoms with E-state index in [2.05, 4.69) is 4.72 Å². The Hall–Kier alpha value is -3.52. The number of halogens is 1. The molecule has 226 valence electrons. The number of sulfonamides is 2. The number of anilines is 1. The van der Waals surface area contributed by atoms with Crippen molar-refractivity contribution in [3.05, 3.63) is 83.7 Å². The molecule has 1 aliphatic heterocycles. The molecule has 0 aromatic heterocycles. The van der Waals surface area contributed by atoms with Gasteiger partial charge in [0.15, 0.2) is 5.75 Å². The topological polar surface area (TPSA) is 133 Å². The number of hydrogen-bond donors (Lipinski definition) is 2. The van der Waals surface area contributed by atoms with Gasteiger partial charge in [-0.05, 0) is 62.4 Å². The molecule has 0 unspecified atom stereocenters. The van der Waals surface area contributed by atoms with E-state index in [1.807, 2.05) is 6.92 Å². The van der Waals surface area contributed by atoms with Gasteiger partial charge in [-0.1, -0.05) is 30.7 Å². The molecule has 13 heteroatoms. The average Bonchev–Trinajstić information content (AvgIpc) is 2.95. The molecule has 0 saturated heterocycles. The molecule has 0 saturated carbocycles. The molecule has 1 amide bonds. The highest BCUT2D eigenvalue weighted by Crippen LogP contribution is 2.36. The lowest BCUT2D eigenvalue weighted by Gasteiger charge is -2.38. The van der Waals surface area contributed by atoms with Crippen molar-refractivity contribution in [1.82, 2.24) is 9.21 Å². The summed E-state index contributed by atoms with van der Waals surface area (Å²) >= 11 is 0. The monoisotopic (exact) mass is 619 g/mol. The molecular formula is C29H34FN3O7S2. The molecule has 3 aromatic carbocycles. The lowest BCUT2D eigenvalue weighted by atomic mass is 9.99. The van der Waals surface area contributed by atoms with Gasteiger partial charge in [0.25, 0.3) is 15.9 Å². The van der Waals surface area contributed by atoms with Gasteiger partial charge in [-0.2, -0.15) is 4.31 Å². The van der Waals surface area contributed by atoms with Gasteiger partial charge in [-0.15, -0.1) is 0 Å². The van der Waals surface area contributed by atoms with Crippen molar-refractivity contribution in [2.24, 2.45) is 5.92 Å². The summed E-state index contributed by atoms with van der Waals surface area (Å²) in [6.45, 7) is 5.02. The van der Waals surface area contributed by atoms with Crippen molar-refractivity contribution in [2.45, 2.75) is 42.7 Å². The number of rotatable bonds is 9. The molecule has 0 bridgehead atoms. The molecule has 1 aliphatic rings. The summed E-state index contributed by atoms with van der Waals surface area (Å²) in [6, 6.07) is 14.5. The van der Waals surface area contributed by atoms with Gasteiger partial charge in [-0.3, -0.25) is 9.52 Å². The lowest BCUT2D eigenvalue weighted by molar-refractivity contribution is 0.0389. The third-order valence-corrected chi connectivity index (χ3v) is 10.4. The number of hydrogen-bond acceptors (Lipinski definition) is 7. The van der Waals surface area contributed by atoms with Crippen LogP contribution < -0.4 is 9.46 Å². The Kier molecular flexibility index (Phi) is 9.26. The minimum Gasteiger partial charge on any atom is -0.486 e. The van der Waals surface area contributed by atoms with E-state index in [9.17, 15) is 31.1 Å². The first kappa shape index (κ1) is 31.4. The number of aliphatic hydroxyl groups excluding tert-OH is 1. The number of carbonyl (C=O) groups excluding carboxylic acids is 1. The molecule has 3 aromatic rings. The summed E-state index contributed by atoms with van der Waals surface area (Å²) in [4.78, 5) is 15.0. The molecule has 0 spiro atoms. The summed E-state index contributed by atoms with van der Waals surface area (Å²) in [5.41, 5.74) is 0.893. The van der Waals surface area contributed by atoms with E-state index in [1.54, 1.807) is 26.0 Å². The third-order valence-electron chi connectivity index (χ3n) is 7.23. The molecule has 0 fully saturated rings. The van der Waals surface area contributed by atoms with E-state index in [-0.39, 0.29) is 46.5 Å². The number of likely N-dealkylation sites (N-methyl/N-ethyl adjacent to an activating group) is 1. The largest absolute Gasteiger partial charge is 0.486 e. The fourth-order valence-electron chi connectivity index (χ4n) is 4.60. The Bertz CT molecular complexity index is 1650. The Morgan fingerprint density at radius 3 is 2.29 bits per heavy atom. The van der Waals surface area contributed by atoms with Crippen molar-refractivity contribution < 1.29 is 35.9 Å². The van der Waals surface area contributed by atoms with Crippen LogP contribution in [-0.4, -0.2) is 75.9 Å².